The number of ether oxygens (including phenoxy) is 1. The lowest BCUT2D eigenvalue weighted by Crippen LogP contribution is -2.46. The molecule has 132 valence electrons. The van der Waals surface area contributed by atoms with Gasteiger partial charge in [0, 0.05) is 26.7 Å². The molecule has 2 rings (SSSR count). The van der Waals surface area contributed by atoms with Crippen molar-refractivity contribution < 1.29 is 13.9 Å². The number of piperidine rings is 1. The molecule has 1 heterocycles. The van der Waals surface area contributed by atoms with Crippen molar-refractivity contribution in [1.29, 1.82) is 0 Å². The number of benzene rings is 1. The number of nitrogens with zero attached hydrogens (tertiary/aromatic N) is 2. The Morgan fingerprint density at radius 1 is 1.42 bits per heavy atom. The third-order valence-corrected chi connectivity index (χ3v) is 4.36. The highest BCUT2D eigenvalue weighted by Gasteiger charge is 2.26. The SMILES string of the molecule is CN=C(NCCCc1cccc(F)c1)N1CCC(C(=O)OC)CC1. The second-order valence-corrected chi connectivity index (χ2v) is 5.99. The maximum absolute atomic E-state index is 13.1. The number of carbonyl (C=O) groups excluding carboxylic acids is 1. The first-order chi connectivity index (χ1) is 11.6. The van der Waals surface area contributed by atoms with Crippen LogP contribution in [0, 0.1) is 11.7 Å². The second kappa shape index (κ2) is 9.25. The van der Waals surface area contributed by atoms with Crippen LogP contribution in [0.3, 0.4) is 0 Å². The summed E-state index contributed by atoms with van der Waals surface area (Å²) in [7, 11) is 3.20. The van der Waals surface area contributed by atoms with Crippen LogP contribution in [-0.2, 0) is 16.0 Å². The lowest BCUT2D eigenvalue weighted by atomic mass is 9.97. The highest BCUT2D eigenvalue weighted by Crippen LogP contribution is 2.18. The molecule has 5 nitrogen and oxygen atoms in total. The summed E-state index contributed by atoms with van der Waals surface area (Å²) < 4.78 is 18.0. The summed E-state index contributed by atoms with van der Waals surface area (Å²) in [5.74, 6) is 0.548. The third-order valence-electron chi connectivity index (χ3n) is 4.36. The molecule has 1 aromatic carbocycles. The van der Waals surface area contributed by atoms with E-state index in [0.717, 1.165) is 56.8 Å². The third kappa shape index (κ3) is 5.22. The zero-order valence-electron chi connectivity index (χ0n) is 14.4. The molecule has 0 radical (unpaired) electrons. The normalized spacial score (nSPS) is 16.1. The number of hydrogen-bond donors (Lipinski definition) is 1. The molecule has 0 bridgehead atoms. The number of carbonyl (C=O) groups is 1. The molecule has 0 aromatic heterocycles. The van der Waals surface area contributed by atoms with Crippen molar-refractivity contribution in [2.45, 2.75) is 25.7 Å². The lowest BCUT2D eigenvalue weighted by Gasteiger charge is -2.33. The van der Waals surface area contributed by atoms with E-state index in [1.165, 1.54) is 13.2 Å². The van der Waals surface area contributed by atoms with Crippen molar-refractivity contribution in [3.05, 3.63) is 35.6 Å². The van der Waals surface area contributed by atoms with E-state index in [2.05, 4.69) is 15.2 Å². The number of halogens is 1. The Labute approximate surface area is 142 Å². The van der Waals surface area contributed by atoms with Gasteiger partial charge >= 0.3 is 5.97 Å². The number of guanidine groups is 1. The maximum Gasteiger partial charge on any atom is 0.308 e. The highest BCUT2D eigenvalue weighted by molar-refractivity contribution is 5.80. The van der Waals surface area contributed by atoms with Gasteiger partial charge in [0.05, 0.1) is 13.0 Å². The summed E-state index contributed by atoms with van der Waals surface area (Å²) in [5.41, 5.74) is 1.01. The van der Waals surface area contributed by atoms with E-state index in [4.69, 9.17) is 4.74 Å². The molecule has 24 heavy (non-hydrogen) atoms. The number of methoxy groups -OCH3 is 1. The molecule has 0 unspecified atom stereocenters. The van der Waals surface area contributed by atoms with Gasteiger partial charge < -0.3 is 15.0 Å². The summed E-state index contributed by atoms with van der Waals surface area (Å²) in [6.07, 6.45) is 3.31. The van der Waals surface area contributed by atoms with Crippen molar-refractivity contribution in [3.8, 4) is 0 Å². The Kier molecular flexibility index (Phi) is 7.03. The van der Waals surface area contributed by atoms with Gasteiger partial charge in [-0.15, -0.1) is 0 Å². The molecule has 0 aliphatic carbocycles. The zero-order valence-corrected chi connectivity index (χ0v) is 14.4. The number of rotatable bonds is 5. The largest absolute Gasteiger partial charge is 0.469 e. The van der Waals surface area contributed by atoms with Crippen LogP contribution in [0.2, 0.25) is 0 Å². The maximum atomic E-state index is 13.1. The molecule has 0 spiro atoms. The monoisotopic (exact) mass is 335 g/mol. The Hall–Kier alpha value is -2.11. The second-order valence-electron chi connectivity index (χ2n) is 5.99. The van der Waals surface area contributed by atoms with Gasteiger partial charge in [0.2, 0.25) is 0 Å². The Morgan fingerprint density at radius 2 is 2.17 bits per heavy atom. The van der Waals surface area contributed by atoms with E-state index >= 15 is 0 Å². The van der Waals surface area contributed by atoms with E-state index in [0.29, 0.717) is 0 Å². The van der Waals surface area contributed by atoms with Crippen molar-refractivity contribution in [3.63, 3.8) is 0 Å². The van der Waals surface area contributed by atoms with Gasteiger partial charge in [-0.05, 0) is 43.4 Å². The first-order valence-corrected chi connectivity index (χ1v) is 8.42. The van der Waals surface area contributed by atoms with E-state index in [1.807, 2.05) is 6.07 Å². The zero-order chi connectivity index (χ0) is 17.4. The molecule has 0 saturated carbocycles. The van der Waals surface area contributed by atoms with Crippen LogP contribution in [0.25, 0.3) is 0 Å². The molecule has 1 fully saturated rings. The van der Waals surface area contributed by atoms with Crippen LogP contribution in [0.15, 0.2) is 29.3 Å². The first-order valence-electron chi connectivity index (χ1n) is 8.42. The summed E-state index contributed by atoms with van der Waals surface area (Å²) in [6, 6.07) is 6.71. The van der Waals surface area contributed by atoms with Crippen LogP contribution < -0.4 is 5.32 Å². The van der Waals surface area contributed by atoms with Gasteiger partial charge in [0.25, 0.3) is 0 Å². The Bertz CT molecular complexity index is 569. The predicted molar refractivity (Wildman–Crippen MR) is 92.4 cm³/mol. The number of hydrogen-bond acceptors (Lipinski definition) is 3. The lowest BCUT2D eigenvalue weighted by molar-refractivity contribution is -0.146. The van der Waals surface area contributed by atoms with Crippen molar-refractivity contribution >= 4 is 11.9 Å². The fourth-order valence-electron chi connectivity index (χ4n) is 3.01. The number of likely N-dealkylation sites (tertiary alicyclic amines) is 1. The molecule has 1 N–H and O–H groups in total. The molecule has 1 aliphatic rings. The van der Waals surface area contributed by atoms with Crippen LogP contribution in [-0.4, -0.2) is 50.6 Å². The molecular weight excluding hydrogens is 309 g/mol. The fourth-order valence-corrected chi connectivity index (χ4v) is 3.01. The van der Waals surface area contributed by atoms with Crippen LogP contribution in [0.5, 0.6) is 0 Å². The smallest absolute Gasteiger partial charge is 0.308 e. The Balaban J connectivity index is 1.72. The van der Waals surface area contributed by atoms with Crippen LogP contribution in [0.4, 0.5) is 4.39 Å². The molecular formula is C18H26FN3O2. The van der Waals surface area contributed by atoms with E-state index in [1.54, 1.807) is 19.2 Å². The quantitative estimate of drug-likeness (QED) is 0.388. The van der Waals surface area contributed by atoms with Crippen LogP contribution >= 0.6 is 0 Å². The fraction of sp³-hybridized carbons (Fsp3) is 0.556. The topological polar surface area (TPSA) is 53.9 Å². The average Bonchev–Trinajstić information content (AvgIpc) is 2.61. The summed E-state index contributed by atoms with van der Waals surface area (Å²) in [4.78, 5) is 18.1. The minimum atomic E-state index is -0.190. The number of aryl methyl sites for hydroxylation is 1. The predicted octanol–water partition coefficient (Wildman–Crippen LogP) is 2.22. The van der Waals surface area contributed by atoms with Gasteiger partial charge in [-0.1, -0.05) is 12.1 Å². The first kappa shape index (κ1) is 18.2. The Morgan fingerprint density at radius 3 is 2.79 bits per heavy atom. The molecule has 1 saturated heterocycles. The van der Waals surface area contributed by atoms with Crippen LogP contribution in [0.1, 0.15) is 24.8 Å². The molecule has 0 amide bonds. The highest BCUT2D eigenvalue weighted by atomic mass is 19.1. The number of nitrogens with one attached hydrogen (secondary N) is 1. The van der Waals surface area contributed by atoms with Gasteiger partial charge in [-0.3, -0.25) is 9.79 Å². The number of aliphatic imine (C=N–C) groups is 1. The molecule has 1 aliphatic heterocycles. The minimum Gasteiger partial charge on any atom is -0.469 e. The summed E-state index contributed by atoms with van der Waals surface area (Å²) in [6.45, 7) is 2.37. The van der Waals surface area contributed by atoms with Crippen molar-refractivity contribution in [1.82, 2.24) is 10.2 Å². The molecule has 1 aromatic rings. The molecule has 6 heteroatoms. The minimum absolute atomic E-state index is 0.00247. The summed E-state index contributed by atoms with van der Waals surface area (Å²) in [5, 5.41) is 3.35. The standard InChI is InChI=1S/C18H26FN3O2/c1-20-18(22-11-8-15(9-12-22)17(23)24-2)21-10-4-6-14-5-3-7-16(19)13-14/h3,5,7,13,15H,4,6,8-12H2,1-2H3,(H,20,21). The van der Waals surface area contributed by atoms with Crippen molar-refractivity contribution in [2.24, 2.45) is 10.9 Å². The molecule has 0 atom stereocenters. The van der Waals surface area contributed by atoms with E-state index in [9.17, 15) is 9.18 Å². The van der Waals surface area contributed by atoms with Crippen molar-refractivity contribution in [2.75, 3.05) is 33.8 Å². The van der Waals surface area contributed by atoms with Gasteiger partial charge in [-0.2, -0.15) is 0 Å². The van der Waals surface area contributed by atoms with Gasteiger partial charge in [-0.25, -0.2) is 4.39 Å². The van der Waals surface area contributed by atoms with Gasteiger partial charge in [0.15, 0.2) is 5.96 Å². The number of esters is 1. The summed E-state index contributed by atoms with van der Waals surface area (Å²) >= 11 is 0. The van der Waals surface area contributed by atoms with E-state index < -0.39 is 0 Å². The average molecular weight is 335 g/mol. The van der Waals surface area contributed by atoms with E-state index in [-0.39, 0.29) is 17.7 Å². The van der Waals surface area contributed by atoms with Gasteiger partial charge in [0.1, 0.15) is 5.82 Å².